The molecule has 154 valence electrons. The standard InChI is InChI=1S/C16H18F3N3O5S/c1-15(2,3)22-13-11(12(21-22)8-5-4-6-8)10(7-9(20-13)14(23)24)27-28(25,26)16(17,18)19/h7-8H,4-6H2,1-3H3,(H,23,24). The van der Waals surface area contributed by atoms with Gasteiger partial charge in [-0.1, -0.05) is 6.42 Å². The van der Waals surface area contributed by atoms with Gasteiger partial charge in [-0.05, 0) is 33.6 Å². The summed E-state index contributed by atoms with van der Waals surface area (Å²) in [6.45, 7) is 5.27. The fourth-order valence-electron chi connectivity index (χ4n) is 2.88. The quantitative estimate of drug-likeness (QED) is 0.595. The predicted octanol–water partition coefficient (Wildman–Crippen LogP) is 3.38. The average Bonchev–Trinajstić information content (AvgIpc) is 2.83. The molecular formula is C16H18F3N3O5S. The number of aromatic carboxylic acids is 1. The highest BCUT2D eigenvalue weighted by atomic mass is 32.2. The van der Waals surface area contributed by atoms with Crippen LogP contribution < -0.4 is 4.18 Å². The lowest BCUT2D eigenvalue weighted by Crippen LogP contribution is -2.28. The van der Waals surface area contributed by atoms with E-state index in [1.165, 1.54) is 4.68 Å². The van der Waals surface area contributed by atoms with E-state index in [-0.39, 0.29) is 17.0 Å². The van der Waals surface area contributed by atoms with E-state index in [0.29, 0.717) is 11.8 Å². The van der Waals surface area contributed by atoms with Crippen LogP contribution in [0.3, 0.4) is 0 Å². The molecule has 0 unspecified atom stereocenters. The van der Waals surface area contributed by atoms with Crippen LogP contribution in [-0.4, -0.2) is 39.8 Å². The van der Waals surface area contributed by atoms with Gasteiger partial charge in [0.15, 0.2) is 17.1 Å². The van der Waals surface area contributed by atoms with Crippen LogP contribution in [0.4, 0.5) is 13.2 Å². The zero-order chi connectivity index (χ0) is 21.1. The third kappa shape index (κ3) is 3.40. The number of carboxylic acid groups (broad SMARTS) is 1. The van der Waals surface area contributed by atoms with Gasteiger partial charge in [-0.2, -0.15) is 26.7 Å². The summed E-state index contributed by atoms with van der Waals surface area (Å²) in [4.78, 5) is 15.4. The second-order valence-electron chi connectivity index (χ2n) is 7.59. The molecule has 3 rings (SSSR count). The molecule has 0 amide bonds. The number of hydrogen-bond donors (Lipinski definition) is 1. The van der Waals surface area contributed by atoms with E-state index in [9.17, 15) is 31.5 Å². The Morgan fingerprint density at radius 1 is 1.29 bits per heavy atom. The molecule has 2 aromatic rings. The molecule has 0 atom stereocenters. The van der Waals surface area contributed by atoms with Gasteiger partial charge in [0.1, 0.15) is 0 Å². The van der Waals surface area contributed by atoms with E-state index in [1.54, 1.807) is 20.8 Å². The molecule has 0 spiro atoms. The Morgan fingerprint density at radius 2 is 1.89 bits per heavy atom. The molecular weight excluding hydrogens is 403 g/mol. The first-order valence-electron chi connectivity index (χ1n) is 8.40. The van der Waals surface area contributed by atoms with Crippen molar-refractivity contribution >= 4 is 27.1 Å². The number of alkyl halides is 3. The van der Waals surface area contributed by atoms with Gasteiger partial charge in [-0.3, -0.25) is 0 Å². The van der Waals surface area contributed by atoms with Crippen LogP contribution in [0.1, 0.15) is 62.1 Å². The fourth-order valence-corrected chi connectivity index (χ4v) is 3.35. The lowest BCUT2D eigenvalue weighted by molar-refractivity contribution is -0.0499. The number of aromatic nitrogens is 3. The number of nitrogens with zero attached hydrogens (tertiary/aromatic N) is 3. The summed E-state index contributed by atoms with van der Waals surface area (Å²) in [5.41, 5.74) is -6.69. The summed E-state index contributed by atoms with van der Waals surface area (Å²) >= 11 is 0. The Bertz CT molecular complexity index is 1050. The normalized spacial score (nSPS) is 16.2. The number of carboxylic acids is 1. The lowest BCUT2D eigenvalue weighted by atomic mass is 9.82. The van der Waals surface area contributed by atoms with Crippen molar-refractivity contribution in [2.24, 2.45) is 0 Å². The number of fused-ring (bicyclic) bond motifs is 1. The van der Waals surface area contributed by atoms with E-state index in [2.05, 4.69) is 14.3 Å². The number of carbonyl (C=O) groups is 1. The first kappa shape index (κ1) is 20.4. The topological polar surface area (TPSA) is 111 Å². The molecule has 1 aliphatic rings. The van der Waals surface area contributed by atoms with Crippen LogP contribution in [0.5, 0.6) is 5.75 Å². The monoisotopic (exact) mass is 421 g/mol. The van der Waals surface area contributed by atoms with E-state index < -0.39 is 38.6 Å². The van der Waals surface area contributed by atoms with Gasteiger partial charge in [-0.25, -0.2) is 14.5 Å². The van der Waals surface area contributed by atoms with Crippen molar-refractivity contribution in [2.45, 2.75) is 57.0 Å². The van der Waals surface area contributed by atoms with Gasteiger partial charge < -0.3 is 9.29 Å². The second-order valence-corrected chi connectivity index (χ2v) is 9.13. The zero-order valence-corrected chi connectivity index (χ0v) is 16.1. The Balaban J connectivity index is 2.35. The molecule has 0 aliphatic heterocycles. The molecule has 28 heavy (non-hydrogen) atoms. The van der Waals surface area contributed by atoms with E-state index >= 15 is 0 Å². The highest BCUT2D eigenvalue weighted by Crippen LogP contribution is 2.43. The molecule has 1 N–H and O–H groups in total. The molecule has 0 aromatic carbocycles. The largest absolute Gasteiger partial charge is 0.534 e. The minimum Gasteiger partial charge on any atom is -0.477 e. The number of halogens is 3. The smallest absolute Gasteiger partial charge is 0.477 e. The molecule has 0 bridgehead atoms. The summed E-state index contributed by atoms with van der Waals surface area (Å²) in [7, 11) is -6.00. The van der Waals surface area contributed by atoms with Crippen molar-refractivity contribution in [1.29, 1.82) is 0 Å². The van der Waals surface area contributed by atoms with Gasteiger partial charge in [0.2, 0.25) is 0 Å². The molecule has 0 radical (unpaired) electrons. The Kier molecular flexibility index (Phi) is 4.60. The lowest BCUT2D eigenvalue weighted by Gasteiger charge is -2.24. The summed E-state index contributed by atoms with van der Waals surface area (Å²) in [5.74, 6) is -2.38. The van der Waals surface area contributed by atoms with E-state index in [0.717, 1.165) is 19.3 Å². The molecule has 8 nitrogen and oxygen atoms in total. The minimum atomic E-state index is -6.00. The molecule has 1 saturated carbocycles. The van der Waals surface area contributed by atoms with Crippen LogP contribution in [0.15, 0.2) is 6.07 Å². The van der Waals surface area contributed by atoms with Gasteiger partial charge in [0.25, 0.3) is 0 Å². The van der Waals surface area contributed by atoms with Crippen molar-refractivity contribution in [3.05, 3.63) is 17.5 Å². The van der Waals surface area contributed by atoms with E-state index in [4.69, 9.17) is 0 Å². The van der Waals surface area contributed by atoms with Crippen molar-refractivity contribution in [2.75, 3.05) is 0 Å². The number of rotatable bonds is 4. The maximum atomic E-state index is 12.8. The highest BCUT2D eigenvalue weighted by molar-refractivity contribution is 7.88. The van der Waals surface area contributed by atoms with Crippen LogP contribution in [-0.2, 0) is 15.7 Å². The van der Waals surface area contributed by atoms with Crippen LogP contribution in [0.25, 0.3) is 11.0 Å². The van der Waals surface area contributed by atoms with Gasteiger partial charge in [0, 0.05) is 12.0 Å². The molecule has 2 heterocycles. The van der Waals surface area contributed by atoms with Gasteiger partial charge in [-0.15, -0.1) is 0 Å². The minimum absolute atomic E-state index is 0.0163. The Hall–Kier alpha value is -2.37. The predicted molar refractivity (Wildman–Crippen MR) is 91.7 cm³/mol. The first-order valence-corrected chi connectivity index (χ1v) is 9.81. The average molecular weight is 421 g/mol. The van der Waals surface area contributed by atoms with Crippen molar-refractivity contribution < 1.29 is 35.7 Å². The van der Waals surface area contributed by atoms with E-state index in [1.807, 2.05) is 0 Å². The molecule has 0 saturated heterocycles. The summed E-state index contributed by atoms with van der Waals surface area (Å²) in [6, 6.07) is 0.685. The third-order valence-electron chi connectivity index (χ3n) is 4.46. The second kappa shape index (κ2) is 6.33. The SMILES string of the molecule is CC(C)(C)n1nc(C2CCC2)c2c(OS(=O)(=O)C(F)(F)F)cc(C(=O)O)nc21. The molecule has 1 fully saturated rings. The maximum absolute atomic E-state index is 12.8. The zero-order valence-electron chi connectivity index (χ0n) is 15.2. The Morgan fingerprint density at radius 3 is 2.32 bits per heavy atom. The third-order valence-corrected chi connectivity index (χ3v) is 5.42. The molecule has 1 aliphatic carbocycles. The highest BCUT2D eigenvalue weighted by Gasteiger charge is 2.49. The van der Waals surface area contributed by atoms with Gasteiger partial charge in [0.05, 0.1) is 16.6 Å². The fraction of sp³-hybridized carbons (Fsp3) is 0.562. The van der Waals surface area contributed by atoms with Crippen LogP contribution >= 0.6 is 0 Å². The van der Waals surface area contributed by atoms with Crippen molar-refractivity contribution in [1.82, 2.24) is 14.8 Å². The summed E-state index contributed by atoms with van der Waals surface area (Å²) in [6.07, 6.45) is 2.34. The van der Waals surface area contributed by atoms with Crippen LogP contribution in [0, 0.1) is 0 Å². The summed E-state index contributed by atoms with van der Waals surface area (Å²) < 4.78 is 67.4. The Labute approximate surface area is 158 Å². The van der Waals surface area contributed by atoms with Crippen LogP contribution in [0.2, 0.25) is 0 Å². The maximum Gasteiger partial charge on any atom is 0.534 e. The van der Waals surface area contributed by atoms with Crippen molar-refractivity contribution in [3.63, 3.8) is 0 Å². The number of pyridine rings is 1. The number of hydrogen-bond acceptors (Lipinski definition) is 6. The molecule has 12 heteroatoms. The van der Waals surface area contributed by atoms with Crippen molar-refractivity contribution in [3.8, 4) is 5.75 Å². The first-order chi connectivity index (χ1) is 12.7. The molecule has 2 aromatic heterocycles. The summed E-state index contributed by atoms with van der Waals surface area (Å²) in [5, 5.41) is 13.7. The van der Waals surface area contributed by atoms with Gasteiger partial charge >= 0.3 is 21.6 Å².